The lowest BCUT2D eigenvalue weighted by Crippen LogP contribution is -2.26. The first kappa shape index (κ1) is 9.00. The third-order valence-corrected chi connectivity index (χ3v) is 2.59. The average Bonchev–Trinajstić information content (AvgIpc) is 2.44. The van der Waals surface area contributed by atoms with Crippen LogP contribution in [0.3, 0.4) is 0 Å². The molecule has 0 aliphatic carbocycles. The van der Waals surface area contributed by atoms with Gasteiger partial charge in [-0.2, -0.15) is 0 Å². The van der Waals surface area contributed by atoms with Gasteiger partial charge in [-0.1, -0.05) is 19.1 Å². The number of carbonyl (C=O) groups excluding carboxylic acids is 2. The maximum Gasteiger partial charge on any atom is 0.249 e. The van der Waals surface area contributed by atoms with Crippen molar-refractivity contribution in [3.63, 3.8) is 0 Å². The van der Waals surface area contributed by atoms with Crippen LogP contribution in [0.4, 0.5) is 0 Å². The van der Waals surface area contributed by atoms with Crippen molar-refractivity contribution in [3.8, 4) is 0 Å². The van der Waals surface area contributed by atoms with Gasteiger partial charge in [-0.3, -0.25) is 9.59 Å². The molecule has 1 aliphatic rings. The lowest BCUT2D eigenvalue weighted by Gasteiger charge is -2.04. The number of imide groups is 1. The molecule has 0 radical (unpaired) electrons. The monoisotopic (exact) mass is 187 g/mol. The summed E-state index contributed by atoms with van der Waals surface area (Å²) in [6.07, 6.45) is 0.774. The van der Waals surface area contributed by atoms with E-state index in [1.54, 1.807) is 6.07 Å². The minimum Gasteiger partial charge on any atom is -0.328 e. The summed E-state index contributed by atoms with van der Waals surface area (Å²) in [6.45, 7) is 1.98. The summed E-state index contributed by atoms with van der Waals surface area (Å²) < 4.78 is 0. The van der Waals surface area contributed by atoms with Crippen LogP contribution in [0.5, 0.6) is 0 Å². The van der Waals surface area contributed by atoms with E-state index >= 15 is 0 Å². The van der Waals surface area contributed by atoms with E-state index in [1.807, 2.05) is 19.1 Å². The van der Waals surface area contributed by atoms with Crippen molar-refractivity contribution >= 4 is 19.8 Å². The van der Waals surface area contributed by atoms with Gasteiger partial charge >= 0.3 is 0 Å². The molecule has 1 heterocycles. The van der Waals surface area contributed by atoms with Crippen molar-refractivity contribution in [1.82, 2.24) is 4.81 Å². The second kappa shape index (κ2) is 2.98. The van der Waals surface area contributed by atoms with Crippen LogP contribution in [-0.4, -0.2) is 24.6 Å². The fourth-order valence-corrected chi connectivity index (χ4v) is 1.77. The molecule has 0 atom stereocenters. The number of nitrogens with zero attached hydrogens (tertiary/aromatic N) is 1. The largest absolute Gasteiger partial charge is 0.328 e. The Labute approximate surface area is 83.1 Å². The molecule has 1 aromatic carbocycles. The number of aryl methyl sites for hydroxylation is 1. The van der Waals surface area contributed by atoms with E-state index < -0.39 is 0 Å². The second-order valence-electron chi connectivity index (χ2n) is 3.36. The highest BCUT2D eigenvalue weighted by molar-refractivity contribution is 6.36. The normalized spacial score (nSPS) is 14.8. The molecule has 0 aromatic heterocycles. The Morgan fingerprint density at radius 3 is 2.64 bits per heavy atom. The topological polar surface area (TPSA) is 37.4 Å². The van der Waals surface area contributed by atoms with Crippen LogP contribution < -0.4 is 0 Å². The number of hydrogen-bond acceptors (Lipinski definition) is 2. The minimum absolute atomic E-state index is 0.178. The van der Waals surface area contributed by atoms with Crippen LogP contribution in [0, 0.1) is 0 Å². The molecule has 4 heteroatoms. The molecule has 1 aromatic rings. The summed E-state index contributed by atoms with van der Waals surface area (Å²) in [5.74, 6) is -0.372. The molecule has 14 heavy (non-hydrogen) atoms. The lowest BCUT2D eigenvalue weighted by atomic mass is 10.0. The smallest absolute Gasteiger partial charge is 0.249 e. The van der Waals surface area contributed by atoms with E-state index in [9.17, 15) is 9.59 Å². The standard InChI is InChI=1S/C10H10BNO2/c1-2-6-4-3-5-7-8(6)10(14)12(11)9(7)13/h3-5H,2,11H2,1H3. The summed E-state index contributed by atoms with van der Waals surface area (Å²) >= 11 is 0. The number of rotatable bonds is 1. The molecule has 0 saturated heterocycles. The molecular weight excluding hydrogens is 177 g/mol. The first-order valence-corrected chi connectivity index (χ1v) is 4.61. The molecule has 3 nitrogen and oxygen atoms in total. The SMILES string of the molecule is BN1C(=O)c2cccc(CC)c2C1=O. The second-order valence-corrected chi connectivity index (χ2v) is 3.36. The maximum absolute atomic E-state index is 11.7. The van der Waals surface area contributed by atoms with Crippen LogP contribution in [0.2, 0.25) is 0 Å². The van der Waals surface area contributed by atoms with Crippen molar-refractivity contribution < 1.29 is 9.59 Å². The van der Waals surface area contributed by atoms with Crippen molar-refractivity contribution in [1.29, 1.82) is 0 Å². The molecule has 2 amide bonds. The zero-order valence-electron chi connectivity index (χ0n) is 8.20. The predicted molar refractivity (Wildman–Crippen MR) is 54.9 cm³/mol. The van der Waals surface area contributed by atoms with Gasteiger partial charge in [0.25, 0.3) is 0 Å². The Kier molecular flexibility index (Phi) is 1.91. The Morgan fingerprint density at radius 1 is 1.29 bits per heavy atom. The molecule has 0 unspecified atom stereocenters. The van der Waals surface area contributed by atoms with Gasteiger partial charge in [0.2, 0.25) is 19.8 Å². The minimum atomic E-state index is -0.194. The number of carbonyl (C=O) groups is 2. The molecule has 0 fully saturated rings. The van der Waals surface area contributed by atoms with Crippen LogP contribution >= 0.6 is 0 Å². The van der Waals surface area contributed by atoms with Gasteiger partial charge in [-0.05, 0) is 18.1 Å². The van der Waals surface area contributed by atoms with E-state index in [0.29, 0.717) is 11.1 Å². The average molecular weight is 187 g/mol. The number of benzene rings is 1. The number of fused-ring (bicyclic) bond motifs is 1. The summed E-state index contributed by atoms with van der Waals surface area (Å²) in [4.78, 5) is 24.4. The van der Waals surface area contributed by atoms with Crippen LogP contribution in [0.1, 0.15) is 33.2 Å². The van der Waals surface area contributed by atoms with E-state index in [1.165, 1.54) is 12.8 Å². The molecule has 0 spiro atoms. The first-order chi connectivity index (χ1) is 6.66. The molecule has 2 rings (SSSR count). The first-order valence-electron chi connectivity index (χ1n) is 4.61. The fraction of sp³-hybridized carbons (Fsp3) is 0.200. The molecule has 70 valence electrons. The van der Waals surface area contributed by atoms with Gasteiger partial charge in [-0.25, -0.2) is 0 Å². The highest BCUT2D eigenvalue weighted by Gasteiger charge is 2.33. The molecule has 1 aliphatic heterocycles. The summed E-state index contributed by atoms with van der Waals surface area (Å²) in [7, 11) is 1.52. The molecule has 0 bridgehead atoms. The maximum atomic E-state index is 11.7. The van der Waals surface area contributed by atoms with Gasteiger partial charge in [0, 0.05) is 0 Å². The van der Waals surface area contributed by atoms with Crippen molar-refractivity contribution in [2.24, 2.45) is 0 Å². The zero-order valence-corrected chi connectivity index (χ0v) is 8.20. The Balaban J connectivity index is 2.69. The summed E-state index contributed by atoms with van der Waals surface area (Å²) in [5, 5.41) is 0. The van der Waals surface area contributed by atoms with Crippen molar-refractivity contribution in [3.05, 3.63) is 34.9 Å². The highest BCUT2D eigenvalue weighted by Crippen LogP contribution is 2.24. The Hall–Kier alpha value is -1.58. The lowest BCUT2D eigenvalue weighted by molar-refractivity contribution is 0.0766. The van der Waals surface area contributed by atoms with Gasteiger partial charge < -0.3 is 4.81 Å². The zero-order chi connectivity index (χ0) is 10.3. The number of hydrogen-bond donors (Lipinski definition) is 0. The highest BCUT2D eigenvalue weighted by atomic mass is 16.2. The Bertz CT molecular complexity index is 428. The third-order valence-electron chi connectivity index (χ3n) is 2.59. The summed E-state index contributed by atoms with van der Waals surface area (Å²) in [5.41, 5.74) is 2.07. The quantitative estimate of drug-likeness (QED) is 0.471. The third kappa shape index (κ3) is 1.00. The number of amides is 2. The summed E-state index contributed by atoms with van der Waals surface area (Å²) in [6, 6.07) is 5.42. The van der Waals surface area contributed by atoms with Crippen molar-refractivity contribution in [2.45, 2.75) is 13.3 Å². The van der Waals surface area contributed by atoms with Gasteiger partial charge in [0.05, 0.1) is 11.1 Å². The molecular formula is C10H10BNO2. The van der Waals surface area contributed by atoms with E-state index in [-0.39, 0.29) is 11.8 Å². The van der Waals surface area contributed by atoms with E-state index in [0.717, 1.165) is 12.0 Å². The fourth-order valence-electron chi connectivity index (χ4n) is 1.77. The molecule has 0 N–H and O–H groups in total. The molecule has 0 saturated carbocycles. The van der Waals surface area contributed by atoms with Crippen molar-refractivity contribution in [2.75, 3.05) is 0 Å². The van der Waals surface area contributed by atoms with E-state index in [4.69, 9.17) is 0 Å². The van der Waals surface area contributed by atoms with E-state index in [2.05, 4.69) is 0 Å². The van der Waals surface area contributed by atoms with Crippen LogP contribution in [0.15, 0.2) is 18.2 Å². The van der Waals surface area contributed by atoms with Crippen LogP contribution in [-0.2, 0) is 6.42 Å². The van der Waals surface area contributed by atoms with Gasteiger partial charge in [0.1, 0.15) is 0 Å². The van der Waals surface area contributed by atoms with Crippen LogP contribution in [0.25, 0.3) is 0 Å². The van der Waals surface area contributed by atoms with Gasteiger partial charge in [-0.15, -0.1) is 0 Å². The Morgan fingerprint density at radius 2 is 2.00 bits per heavy atom. The predicted octanol–water partition coefficient (Wildman–Crippen LogP) is 0.393. The van der Waals surface area contributed by atoms with Gasteiger partial charge in [0.15, 0.2) is 0 Å².